The lowest BCUT2D eigenvalue weighted by molar-refractivity contribution is 0.654. The summed E-state index contributed by atoms with van der Waals surface area (Å²) in [4.78, 5) is 4.64. The molecule has 1 aliphatic rings. The van der Waals surface area contributed by atoms with Crippen LogP contribution in [0.5, 0.6) is 0 Å². The molecule has 1 fully saturated rings. The number of halogens is 2. The van der Waals surface area contributed by atoms with Crippen LogP contribution in [0.4, 0.5) is 17.1 Å². The zero-order chi connectivity index (χ0) is 14.8. The Kier molecular flexibility index (Phi) is 4.13. The average Bonchev–Trinajstić information content (AvgIpc) is 2.51. The predicted molar refractivity (Wildman–Crippen MR) is 91.7 cm³/mol. The summed E-state index contributed by atoms with van der Waals surface area (Å²) in [5.41, 5.74) is 8.75. The highest BCUT2D eigenvalue weighted by molar-refractivity contribution is 6.43. The minimum absolute atomic E-state index is 0.607. The molecule has 3 rings (SSSR count). The second-order valence-electron chi connectivity index (χ2n) is 5.14. The van der Waals surface area contributed by atoms with Gasteiger partial charge in [-0.15, -0.1) is 0 Å². The summed E-state index contributed by atoms with van der Waals surface area (Å²) in [6.45, 7) is 3.74. The van der Waals surface area contributed by atoms with Crippen molar-refractivity contribution in [2.75, 3.05) is 41.7 Å². The maximum absolute atomic E-state index is 6.30. The zero-order valence-electron chi connectivity index (χ0n) is 11.6. The first-order valence-corrected chi connectivity index (χ1v) is 7.70. The van der Waals surface area contributed by atoms with Crippen molar-refractivity contribution in [1.29, 1.82) is 0 Å². The molecule has 0 aliphatic carbocycles. The molecule has 1 heterocycles. The third-order valence-corrected chi connectivity index (χ3v) is 4.62. The van der Waals surface area contributed by atoms with Crippen LogP contribution >= 0.6 is 23.2 Å². The molecule has 2 N–H and O–H groups in total. The summed E-state index contributed by atoms with van der Waals surface area (Å²) in [5.74, 6) is 0. The van der Waals surface area contributed by atoms with Gasteiger partial charge in [0.05, 0.1) is 15.7 Å². The maximum Gasteiger partial charge on any atom is 0.0825 e. The van der Waals surface area contributed by atoms with Gasteiger partial charge in [-0.1, -0.05) is 29.3 Å². The van der Waals surface area contributed by atoms with Gasteiger partial charge in [0.1, 0.15) is 0 Å². The first kappa shape index (κ1) is 14.4. The van der Waals surface area contributed by atoms with E-state index >= 15 is 0 Å². The van der Waals surface area contributed by atoms with Crippen LogP contribution in [-0.2, 0) is 0 Å². The standard InChI is InChI=1S/C16H17Cl2N3/c17-14-2-1-3-15(16(14)18)21-10-8-20(9-11-21)13-6-4-12(19)5-7-13/h1-7H,8-11,19H2. The predicted octanol–water partition coefficient (Wildman–Crippen LogP) is 3.90. The van der Waals surface area contributed by atoms with Crippen molar-refractivity contribution in [3.63, 3.8) is 0 Å². The van der Waals surface area contributed by atoms with E-state index in [4.69, 9.17) is 28.9 Å². The molecule has 0 saturated carbocycles. The molecule has 21 heavy (non-hydrogen) atoms. The fraction of sp³-hybridized carbons (Fsp3) is 0.250. The Morgan fingerprint density at radius 3 is 2.10 bits per heavy atom. The number of rotatable bonds is 2. The van der Waals surface area contributed by atoms with Crippen LogP contribution in [0.3, 0.4) is 0 Å². The van der Waals surface area contributed by atoms with E-state index in [1.165, 1.54) is 5.69 Å². The van der Waals surface area contributed by atoms with Crippen molar-refractivity contribution in [3.8, 4) is 0 Å². The van der Waals surface area contributed by atoms with Crippen molar-refractivity contribution >= 4 is 40.3 Å². The molecule has 3 nitrogen and oxygen atoms in total. The van der Waals surface area contributed by atoms with Crippen LogP contribution in [0.1, 0.15) is 0 Å². The van der Waals surface area contributed by atoms with Crippen LogP contribution in [0, 0.1) is 0 Å². The van der Waals surface area contributed by atoms with E-state index in [1.807, 2.05) is 30.3 Å². The topological polar surface area (TPSA) is 32.5 Å². The van der Waals surface area contributed by atoms with E-state index in [9.17, 15) is 0 Å². The van der Waals surface area contributed by atoms with Crippen molar-refractivity contribution in [2.45, 2.75) is 0 Å². The molecular weight excluding hydrogens is 305 g/mol. The lowest BCUT2D eigenvalue weighted by Gasteiger charge is -2.37. The van der Waals surface area contributed by atoms with E-state index in [0.717, 1.165) is 37.6 Å². The van der Waals surface area contributed by atoms with Gasteiger partial charge in [-0.05, 0) is 36.4 Å². The number of anilines is 3. The summed E-state index contributed by atoms with van der Waals surface area (Å²) in [7, 11) is 0. The molecule has 0 spiro atoms. The Balaban J connectivity index is 1.70. The van der Waals surface area contributed by atoms with Gasteiger partial charge in [-0.3, -0.25) is 0 Å². The van der Waals surface area contributed by atoms with Gasteiger partial charge in [0.15, 0.2) is 0 Å². The van der Waals surface area contributed by atoms with Gasteiger partial charge in [-0.25, -0.2) is 0 Å². The number of nitrogens with zero attached hydrogens (tertiary/aromatic N) is 2. The van der Waals surface area contributed by atoms with Crippen LogP contribution < -0.4 is 15.5 Å². The summed E-state index contributed by atoms with van der Waals surface area (Å²) in [5, 5.41) is 1.25. The summed E-state index contributed by atoms with van der Waals surface area (Å²) in [6.07, 6.45) is 0. The fourth-order valence-electron chi connectivity index (χ4n) is 2.63. The normalized spacial score (nSPS) is 15.3. The van der Waals surface area contributed by atoms with Gasteiger partial charge >= 0.3 is 0 Å². The highest BCUT2D eigenvalue weighted by Gasteiger charge is 2.19. The van der Waals surface area contributed by atoms with E-state index in [1.54, 1.807) is 0 Å². The smallest absolute Gasteiger partial charge is 0.0825 e. The molecule has 110 valence electrons. The van der Waals surface area contributed by atoms with Crippen molar-refractivity contribution in [3.05, 3.63) is 52.5 Å². The molecule has 1 aliphatic heterocycles. The lowest BCUT2D eigenvalue weighted by Crippen LogP contribution is -2.46. The molecule has 0 unspecified atom stereocenters. The summed E-state index contributed by atoms with van der Waals surface area (Å²) >= 11 is 12.4. The third kappa shape index (κ3) is 3.04. The van der Waals surface area contributed by atoms with Crippen molar-refractivity contribution in [2.24, 2.45) is 0 Å². The minimum atomic E-state index is 0.607. The highest BCUT2D eigenvalue weighted by Crippen LogP contribution is 2.33. The maximum atomic E-state index is 6.30. The van der Waals surface area contributed by atoms with Crippen molar-refractivity contribution < 1.29 is 0 Å². The molecule has 2 aromatic carbocycles. The first-order valence-electron chi connectivity index (χ1n) is 6.94. The Morgan fingerprint density at radius 1 is 0.810 bits per heavy atom. The molecular formula is C16H17Cl2N3. The van der Waals surface area contributed by atoms with Gasteiger partial charge in [-0.2, -0.15) is 0 Å². The van der Waals surface area contributed by atoms with E-state index in [2.05, 4.69) is 21.9 Å². The van der Waals surface area contributed by atoms with Crippen LogP contribution in [0.25, 0.3) is 0 Å². The third-order valence-electron chi connectivity index (χ3n) is 3.81. The van der Waals surface area contributed by atoms with Crippen LogP contribution in [0.15, 0.2) is 42.5 Å². The Morgan fingerprint density at radius 2 is 1.43 bits per heavy atom. The Labute approximate surface area is 134 Å². The Bertz CT molecular complexity index is 620. The minimum Gasteiger partial charge on any atom is -0.399 e. The van der Waals surface area contributed by atoms with Crippen LogP contribution in [-0.4, -0.2) is 26.2 Å². The molecule has 0 aromatic heterocycles. The van der Waals surface area contributed by atoms with Gasteiger partial charge in [0, 0.05) is 37.6 Å². The summed E-state index contributed by atoms with van der Waals surface area (Å²) in [6, 6.07) is 13.8. The molecule has 0 bridgehead atoms. The largest absolute Gasteiger partial charge is 0.399 e. The van der Waals surface area contributed by atoms with E-state index in [0.29, 0.717) is 10.0 Å². The number of piperazine rings is 1. The molecule has 1 saturated heterocycles. The van der Waals surface area contributed by atoms with Gasteiger partial charge in [0.2, 0.25) is 0 Å². The quantitative estimate of drug-likeness (QED) is 0.851. The Hall–Kier alpha value is -1.58. The second-order valence-corrected chi connectivity index (χ2v) is 5.92. The summed E-state index contributed by atoms with van der Waals surface area (Å²) < 4.78 is 0. The molecule has 0 radical (unpaired) electrons. The molecule has 5 heteroatoms. The second kappa shape index (κ2) is 6.04. The molecule has 2 aromatic rings. The number of hydrogen-bond acceptors (Lipinski definition) is 3. The average molecular weight is 322 g/mol. The fourth-order valence-corrected chi connectivity index (χ4v) is 3.04. The number of nitrogen functional groups attached to an aromatic ring is 1. The first-order chi connectivity index (χ1) is 10.1. The van der Waals surface area contributed by atoms with E-state index in [-0.39, 0.29) is 0 Å². The number of nitrogens with two attached hydrogens (primary N) is 1. The van der Waals surface area contributed by atoms with Gasteiger partial charge in [0.25, 0.3) is 0 Å². The van der Waals surface area contributed by atoms with Gasteiger partial charge < -0.3 is 15.5 Å². The molecule has 0 atom stereocenters. The number of hydrogen-bond donors (Lipinski definition) is 1. The zero-order valence-corrected chi connectivity index (χ0v) is 13.1. The highest BCUT2D eigenvalue weighted by atomic mass is 35.5. The van der Waals surface area contributed by atoms with Crippen LogP contribution in [0.2, 0.25) is 10.0 Å². The monoisotopic (exact) mass is 321 g/mol. The lowest BCUT2D eigenvalue weighted by atomic mass is 10.2. The van der Waals surface area contributed by atoms with E-state index < -0.39 is 0 Å². The number of benzene rings is 2. The molecule has 0 amide bonds. The SMILES string of the molecule is Nc1ccc(N2CCN(c3cccc(Cl)c3Cl)CC2)cc1. The van der Waals surface area contributed by atoms with Crippen molar-refractivity contribution in [1.82, 2.24) is 0 Å².